The Balaban J connectivity index is 0.00000385. The highest BCUT2D eigenvalue weighted by Crippen LogP contribution is 2.29. The largest absolute Gasteiger partial charge is 0.491 e. The minimum Gasteiger partial charge on any atom is -0.491 e. The van der Waals surface area contributed by atoms with Gasteiger partial charge in [0, 0.05) is 18.0 Å². The maximum Gasteiger partial charge on any atom is 0.144 e. The molecule has 2 aromatic rings. The summed E-state index contributed by atoms with van der Waals surface area (Å²) in [6, 6.07) is 6.14. The topological polar surface area (TPSA) is 53.2 Å². The third-order valence-electron chi connectivity index (χ3n) is 5.96. The number of hydrogen-bond acceptors (Lipinski definition) is 2. The molecular formula is C28H42ClN3O. The van der Waals surface area contributed by atoms with Crippen LogP contribution in [0.2, 0.25) is 0 Å². The Morgan fingerprint density at radius 2 is 1.61 bits per heavy atom. The molecule has 3 heterocycles. The first-order valence-corrected chi connectivity index (χ1v) is 12.8. The molecule has 0 aliphatic carbocycles. The average Bonchev–Trinajstić information content (AvgIpc) is 3.55. The quantitative estimate of drug-likeness (QED) is 0.236. The zero-order valence-corrected chi connectivity index (χ0v) is 21.3. The van der Waals surface area contributed by atoms with Crippen molar-refractivity contribution in [2.75, 3.05) is 6.61 Å². The molecule has 0 saturated heterocycles. The van der Waals surface area contributed by atoms with Crippen molar-refractivity contribution in [3.63, 3.8) is 0 Å². The van der Waals surface area contributed by atoms with E-state index in [0.29, 0.717) is 6.61 Å². The second-order valence-electron chi connectivity index (χ2n) is 8.83. The molecule has 0 atom stereocenters. The highest BCUT2D eigenvalue weighted by molar-refractivity contribution is 5.99. The van der Waals surface area contributed by atoms with Gasteiger partial charge in [0.05, 0.1) is 29.4 Å². The van der Waals surface area contributed by atoms with Gasteiger partial charge in [-0.2, -0.15) is 0 Å². The maximum absolute atomic E-state index is 5.98. The third-order valence-corrected chi connectivity index (χ3v) is 5.96. The van der Waals surface area contributed by atoms with E-state index in [1.807, 2.05) is 12.3 Å². The van der Waals surface area contributed by atoms with Crippen LogP contribution in [0.4, 0.5) is 0 Å². The van der Waals surface area contributed by atoms with E-state index in [0.717, 1.165) is 41.4 Å². The van der Waals surface area contributed by atoms with Crippen LogP contribution in [0.25, 0.3) is 17.5 Å². The van der Waals surface area contributed by atoms with Crippen molar-refractivity contribution >= 4 is 24.2 Å². The molecule has 0 fully saturated rings. The molecule has 5 heteroatoms. The first kappa shape index (κ1) is 27.0. The van der Waals surface area contributed by atoms with Crippen molar-refractivity contribution in [1.82, 2.24) is 9.97 Å². The van der Waals surface area contributed by atoms with Crippen LogP contribution in [0.1, 0.15) is 96.6 Å². The van der Waals surface area contributed by atoms with Gasteiger partial charge in [-0.15, -0.1) is 12.4 Å². The number of rotatable bonds is 16. The Kier molecular flexibility index (Phi) is 12.8. The van der Waals surface area contributed by atoms with Crippen molar-refractivity contribution in [3.05, 3.63) is 47.9 Å². The summed E-state index contributed by atoms with van der Waals surface area (Å²) in [5.74, 6) is 0.885. The summed E-state index contributed by atoms with van der Waals surface area (Å²) < 4.78 is 5.98. The van der Waals surface area contributed by atoms with Gasteiger partial charge in [0.1, 0.15) is 5.75 Å². The van der Waals surface area contributed by atoms with E-state index >= 15 is 0 Å². The highest BCUT2D eigenvalue weighted by atomic mass is 35.5. The number of halogens is 1. The van der Waals surface area contributed by atoms with Crippen LogP contribution in [0.15, 0.2) is 47.2 Å². The van der Waals surface area contributed by atoms with Gasteiger partial charge in [-0.3, -0.25) is 4.99 Å². The molecule has 2 aromatic heterocycles. The molecule has 0 radical (unpaired) electrons. The van der Waals surface area contributed by atoms with E-state index < -0.39 is 0 Å². The van der Waals surface area contributed by atoms with Crippen molar-refractivity contribution in [2.45, 2.75) is 90.9 Å². The summed E-state index contributed by atoms with van der Waals surface area (Å²) in [5.41, 5.74) is 5.26. The average molecular weight is 472 g/mol. The monoisotopic (exact) mass is 471 g/mol. The van der Waals surface area contributed by atoms with Gasteiger partial charge in [-0.1, -0.05) is 71.6 Å². The number of unbranched alkanes of at least 4 members (excludes halogenated alkanes) is 9. The predicted molar refractivity (Wildman–Crippen MR) is 145 cm³/mol. The van der Waals surface area contributed by atoms with Crippen LogP contribution < -0.4 is 4.74 Å². The van der Waals surface area contributed by atoms with Gasteiger partial charge < -0.3 is 14.7 Å². The number of aromatic amines is 2. The number of aromatic nitrogens is 2. The molecule has 0 amide bonds. The summed E-state index contributed by atoms with van der Waals surface area (Å²) in [4.78, 5) is 11.6. The van der Waals surface area contributed by atoms with E-state index in [1.165, 1.54) is 69.9 Å². The van der Waals surface area contributed by atoms with E-state index in [2.05, 4.69) is 54.2 Å². The SMILES string of the molecule is CCCCCCCCCCCCC1=NC(=Cc2[nH]c(-c3ccc[nH]3)cc2OCCC)C=C1.Cl. The smallest absolute Gasteiger partial charge is 0.144 e. The predicted octanol–water partition coefficient (Wildman–Crippen LogP) is 8.88. The number of allylic oxidation sites excluding steroid dienone is 2. The third kappa shape index (κ3) is 9.29. The number of nitrogens with one attached hydrogen (secondary N) is 2. The number of H-pyrrole nitrogens is 2. The van der Waals surface area contributed by atoms with Crippen LogP contribution in [0.3, 0.4) is 0 Å². The minimum absolute atomic E-state index is 0. The number of aliphatic imine (C=N–C) groups is 1. The standard InChI is InChI=1S/C28H41N3O.ClH/c1-3-5-6-7-8-9-10-11-12-13-15-23-17-18-24(30-23)21-27-28(32-20-4-2)22-26(31-27)25-16-14-19-29-25;/h14,16-19,21-22,29,31H,3-13,15,20H2,1-2H3;1H. The highest BCUT2D eigenvalue weighted by Gasteiger charge is 2.12. The summed E-state index contributed by atoms with van der Waals surface area (Å²) in [7, 11) is 0. The Morgan fingerprint density at radius 1 is 0.879 bits per heavy atom. The summed E-state index contributed by atoms with van der Waals surface area (Å²) in [6.07, 6.45) is 24.0. The molecule has 4 nitrogen and oxygen atoms in total. The van der Waals surface area contributed by atoms with E-state index in [4.69, 9.17) is 9.73 Å². The normalized spacial score (nSPS) is 14.0. The maximum atomic E-state index is 5.98. The van der Waals surface area contributed by atoms with Crippen molar-refractivity contribution in [2.24, 2.45) is 4.99 Å². The lowest BCUT2D eigenvalue weighted by Crippen LogP contribution is -1.95. The molecule has 0 saturated carbocycles. The van der Waals surface area contributed by atoms with Crippen LogP contribution >= 0.6 is 12.4 Å². The van der Waals surface area contributed by atoms with E-state index in [-0.39, 0.29) is 12.4 Å². The molecule has 1 aliphatic rings. The molecule has 0 unspecified atom stereocenters. The second-order valence-corrected chi connectivity index (χ2v) is 8.83. The first-order valence-electron chi connectivity index (χ1n) is 12.8. The van der Waals surface area contributed by atoms with Crippen molar-refractivity contribution in [1.29, 1.82) is 0 Å². The number of hydrogen-bond donors (Lipinski definition) is 2. The van der Waals surface area contributed by atoms with Crippen LogP contribution in [-0.4, -0.2) is 22.3 Å². The molecular weight excluding hydrogens is 430 g/mol. The van der Waals surface area contributed by atoms with Gasteiger partial charge in [-0.05, 0) is 49.6 Å². The van der Waals surface area contributed by atoms with Crippen LogP contribution in [-0.2, 0) is 0 Å². The lowest BCUT2D eigenvalue weighted by Gasteiger charge is -2.03. The molecule has 33 heavy (non-hydrogen) atoms. The fourth-order valence-electron chi connectivity index (χ4n) is 4.12. The first-order chi connectivity index (χ1) is 15.8. The molecule has 1 aliphatic heterocycles. The van der Waals surface area contributed by atoms with Crippen LogP contribution in [0, 0.1) is 0 Å². The van der Waals surface area contributed by atoms with Gasteiger partial charge >= 0.3 is 0 Å². The molecule has 2 N–H and O–H groups in total. The minimum atomic E-state index is 0. The Labute approximate surface area is 206 Å². The molecule has 0 aromatic carbocycles. The van der Waals surface area contributed by atoms with Gasteiger partial charge in [0.25, 0.3) is 0 Å². The fraction of sp³-hybridized carbons (Fsp3) is 0.536. The number of nitrogens with zero attached hydrogens (tertiary/aromatic N) is 1. The molecule has 0 spiro atoms. The summed E-state index contributed by atoms with van der Waals surface area (Å²) in [6.45, 7) is 5.12. The molecule has 0 bridgehead atoms. The summed E-state index contributed by atoms with van der Waals surface area (Å²) in [5, 5.41) is 0. The lowest BCUT2D eigenvalue weighted by molar-refractivity contribution is 0.317. The molecule has 182 valence electrons. The van der Waals surface area contributed by atoms with Crippen molar-refractivity contribution < 1.29 is 4.74 Å². The van der Waals surface area contributed by atoms with Gasteiger partial charge in [0.2, 0.25) is 0 Å². The van der Waals surface area contributed by atoms with Gasteiger partial charge in [-0.25, -0.2) is 0 Å². The Morgan fingerprint density at radius 3 is 2.27 bits per heavy atom. The lowest BCUT2D eigenvalue weighted by atomic mass is 10.0. The van der Waals surface area contributed by atoms with E-state index in [9.17, 15) is 0 Å². The summed E-state index contributed by atoms with van der Waals surface area (Å²) >= 11 is 0. The fourth-order valence-corrected chi connectivity index (χ4v) is 4.12. The van der Waals surface area contributed by atoms with Crippen molar-refractivity contribution in [3.8, 4) is 17.1 Å². The second kappa shape index (κ2) is 15.6. The molecule has 3 rings (SSSR count). The number of ether oxygens (including phenoxy) is 1. The zero-order chi connectivity index (χ0) is 22.4. The zero-order valence-electron chi connectivity index (χ0n) is 20.5. The van der Waals surface area contributed by atoms with Crippen LogP contribution in [0.5, 0.6) is 5.75 Å². The van der Waals surface area contributed by atoms with E-state index in [1.54, 1.807) is 0 Å². The Bertz CT molecular complexity index is 877. The van der Waals surface area contributed by atoms with Gasteiger partial charge in [0.15, 0.2) is 0 Å². The Hall–Kier alpha value is -2.20.